The number of rotatable bonds is 3. The Kier molecular flexibility index (Phi) is 4.25. The van der Waals surface area contributed by atoms with Crippen LogP contribution in [0.15, 0.2) is 24.3 Å². The van der Waals surface area contributed by atoms with Gasteiger partial charge in [-0.3, -0.25) is 4.79 Å². The summed E-state index contributed by atoms with van der Waals surface area (Å²) in [5.41, 5.74) is 1.72. The van der Waals surface area contributed by atoms with Gasteiger partial charge in [0.25, 0.3) is 0 Å². The molecule has 130 valence electrons. The second kappa shape index (κ2) is 6.08. The normalized spacial score (nSPS) is 21.4. The van der Waals surface area contributed by atoms with Crippen molar-refractivity contribution >= 4 is 16.9 Å². The predicted molar refractivity (Wildman–Crippen MR) is 83.1 cm³/mol. The van der Waals surface area contributed by atoms with Crippen LogP contribution in [0.5, 0.6) is 0 Å². The van der Waals surface area contributed by atoms with Crippen LogP contribution in [0.1, 0.15) is 5.82 Å². The van der Waals surface area contributed by atoms with Crippen molar-refractivity contribution in [1.82, 2.24) is 19.8 Å². The number of aryl methyl sites for hydroxylation is 1. The molecule has 1 aliphatic heterocycles. The van der Waals surface area contributed by atoms with Gasteiger partial charge >= 0.3 is 6.18 Å². The number of para-hydroxylation sites is 2. The summed E-state index contributed by atoms with van der Waals surface area (Å²) in [5, 5.41) is 2.67. The van der Waals surface area contributed by atoms with E-state index in [2.05, 4.69) is 10.3 Å². The van der Waals surface area contributed by atoms with E-state index in [1.54, 1.807) is 0 Å². The molecule has 0 bridgehead atoms. The average molecular weight is 340 g/mol. The van der Waals surface area contributed by atoms with Gasteiger partial charge in [0.2, 0.25) is 5.91 Å². The predicted octanol–water partition coefficient (Wildman–Crippen LogP) is 1.93. The van der Waals surface area contributed by atoms with Crippen LogP contribution in [0.3, 0.4) is 0 Å². The number of carbonyl (C=O) groups excluding carboxylic acids is 1. The molecule has 1 aromatic heterocycles. The Balaban J connectivity index is 1.77. The first-order chi connectivity index (χ1) is 11.3. The SMILES string of the molecule is CN(Cc1nc2ccccc2n1C)C(=O)[C@@H]1CNC[C@H]1C(F)(F)F. The molecule has 0 radical (unpaired) electrons. The van der Waals surface area contributed by atoms with Crippen molar-refractivity contribution in [2.75, 3.05) is 20.1 Å². The van der Waals surface area contributed by atoms with Crippen LogP contribution < -0.4 is 5.32 Å². The summed E-state index contributed by atoms with van der Waals surface area (Å²) in [7, 11) is 3.35. The van der Waals surface area contributed by atoms with Gasteiger partial charge in [-0.25, -0.2) is 4.98 Å². The van der Waals surface area contributed by atoms with Crippen molar-refractivity contribution in [2.24, 2.45) is 18.9 Å². The molecule has 1 aromatic carbocycles. The van der Waals surface area contributed by atoms with Crippen LogP contribution in [0.25, 0.3) is 11.0 Å². The summed E-state index contributed by atoms with van der Waals surface area (Å²) in [4.78, 5) is 18.3. The zero-order chi connectivity index (χ0) is 17.5. The highest BCUT2D eigenvalue weighted by Crippen LogP contribution is 2.35. The van der Waals surface area contributed by atoms with Crippen LogP contribution in [0, 0.1) is 11.8 Å². The van der Waals surface area contributed by atoms with Gasteiger partial charge in [-0.2, -0.15) is 13.2 Å². The summed E-state index contributed by atoms with van der Waals surface area (Å²) >= 11 is 0. The van der Waals surface area contributed by atoms with E-state index in [1.165, 1.54) is 11.9 Å². The van der Waals surface area contributed by atoms with E-state index >= 15 is 0 Å². The number of imidazole rings is 1. The molecule has 2 atom stereocenters. The Hall–Kier alpha value is -2.09. The number of halogens is 3. The van der Waals surface area contributed by atoms with Crippen molar-refractivity contribution < 1.29 is 18.0 Å². The van der Waals surface area contributed by atoms with Crippen molar-refractivity contribution in [3.05, 3.63) is 30.1 Å². The third kappa shape index (κ3) is 2.98. The van der Waals surface area contributed by atoms with Crippen molar-refractivity contribution in [1.29, 1.82) is 0 Å². The van der Waals surface area contributed by atoms with Crippen LogP contribution in [0.2, 0.25) is 0 Å². The van der Waals surface area contributed by atoms with E-state index in [0.29, 0.717) is 5.82 Å². The fourth-order valence-corrected chi connectivity index (χ4v) is 3.19. The molecule has 2 heterocycles. The van der Waals surface area contributed by atoms with Crippen LogP contribution in [-0.4, -0.2) is 46.7 Å². The number of hydrogen-bond donors (Lipinski definition) is 1. The minimum Gasteiger partial charge on any atom is -0.338 e. The van der Waals surface area contributed by atoms with E-state index in [0.717, 1.165) is 11.0 Å². The van der Waals surface area contributed by atoms with Gasteiger partial charge in [-0.05, 0) is 12.1 Å². The summed E-state index contributed by atoms with van der Waals surface area (Å²) < 4.78 is 41.0. The molecule has 1 amide bonds. The standard InChI is InChI=1S/C16H19F3N4O/c1-22(15(24)10-7-20-8-11(10)16(17,18)19)9-14-21-12-5-3-4-6-13(12)23(14)2/h3-6,10-11,20H,7-9H2,1-2H3/t10-,11-/m1/s1. The largest absolute Gasteiger partial charge is 0.393 e. The summed E-state index contributed by atoms with van der Waals surface area (Å²) in [6.07, 6.45) is -4.37. The molecule has 0 unspecified atom stereocenters. The van der Waals surface area contributed by atoms with Gasteiger partial charge < -0.3 is 14.8 Å². The van der Waals surface area contributed by atoms with Crippen LogP contribution >= 0.6 is 0 Å². The number of hydrogen-bond acceptors (Lipinski definition) is 3. The van der Waals surface area contributed by atoms with E-state index in [1.807, 2.05) is 35.9 Å². The molecule has 3 rings (SSSR count). The van der Waals surface area contributed by atoms with Crippen molar-refractivity contribution in [2.45, 2.75) is 12.7 Å². The number of nitrogens with one attached hydrogen (secondary N) is 1. The van der Waals surface area contributed by atoms with E-state index in [4.69, 9.17) is 0 Å². The second-order valence-corrected chi connectivity index (χ2v) is 6.18. The lowest BCUT2D eigenvalue weighted by Crippen LogP contribution is -2.41. The van der Waals surface area contributed by atoms with E-state index in [9.17, 15) is 18.0 Å². The van der Waals surface area contributed by atoms with Crippen molar-refractivity contribution in [3.63, 3.8) is 0 Å². The van der Waals surface area contributed by atoms with Gasteiger partial charge in [0, 0.05) is 27.2 Å². The van der Waals surface area contributed by atoms with Gasteiger partial charge in [-0.15, -0.1) is 0 Å². The minimum absolute atomic E-state index is 0.0515. The lowest BCUT2D eigenvalue weighted by molar-refractivity contribution is -0.185. The molecule has 2 aromatic rings. The topological polar surface area (TPSA) is 50.2 Å². The highest BCUT2D eigenvalue weighted by molar-refractivity contribution is 5.80. The molecule has 24 heavy (non-hydrogen) atoms. The van der Waals surface area contributed by atoms with Gasteiger partial charge in [0.1, 0.15) is 5.82 Å². The van der Waals surface area contributed by atoms with Gasteiger partial charge in [0.15, 0.2) is 0 Å². The van der Waals surface area contributed by atoms with Crippen LogP contribution in [-0.2, 0) is 18.4 Å². The first kappa shape index (κ1) is 16.8. The fourth-order valence-electron chi connectivity index (χ4n) is 3.19. The number of carbonyl (C=O) groups is 1. The number of amides is 1. The first-order valence-electron chi connectivity index (χ1n) is 7.71. The molecular formula is C16H19F3N4O. The third-order valence-corrected chi connectivity index (χ3v) is 4.59. The molecule has 0 saturated carbocycles. The summed E-state index contributed by atoms with van der Waals surface area (Å²) in [6.45, 7) is 0.0149. The summed E-state index contributed by atoms with van der Waals surface area (Å²) in [5.74, 6) is -2.58. The molecule has 5 nitrogen and oxygen atoms in total. The monoisotopic (exact) mass is 340 g/mol. The highest BCUT2D eigenvalue weighted by Gasteiger charge is 2.50. The summed E-state index contributed by atoms with van der Waals surface area (Å²) in [6, 6.07) is 7.53. The average Bonchev–Trinajstić information content (AvgIpc) is 3.13. The molecule has 1 saturated heterocycles. The molecule has 0 spiro atoms. The zero-order valence-corrected chi connectivity index (χ0v) is 13.5. The number of alkyl halides is 3. The Morgan fingerprint density at radius 3 is 2.75 bits per heavy atom. The molecule has 1 fully saturated rings. The van der Waals surface area contributed by atoms with Crippen molar-refractivity contribution in [3.8, 4) is 0 Å². The highest BCUT2D eigenvalue weighted by atomic mass is 19.4. The van der Waals surface area contributed by atoms with Crippen LogP contribution in [0.4, 0.5) is 13.2 Å². The fraction of sp³-hybridized carbons (Fsp3) is 0.500. The number of nitrogens with zero attached hydrogens (tertiary/aromatic N) is 3. The Labute approximate surface area is 137 Å². The maximum Gasteiger partial charge on any atom is 0.393 e. The smallest absolute Gasteiger partial charge is 0.338 e. The zero-order valence-electron chi connectivity index (χ0n) is 13.5. The number of aromatic nitrogens is 2. The maximum atomic E-state index is 13.0. The van der Waals surface area contributed by atoms with Gasteiger partial charge in [0.05, 0.1) is 29.4 Å². The third-order valence-electron chi connectivity index (χ3n) is 4.59. The first-order valence-corrected chi connectivity index (χ1v) is 7.71. The lowest BCUT2D eigenvalue weighted by Gasteiger charge is -2.25. The minimum atomic E-state index is -4.37. The molecule has 0 aliphatic carbocycles. The molecule has 1 N–H and O–H groups in total. The van der Waals surface area contributed by atoms with E-state index in [-0.39, 0.29) is 19.6 Å². The Morgan fingerprint density at radius 1 is 1.38 bits per heavy atom. The maximum absolute atomic E-state index is 13.0. The molecular weight excluding hydrogens is 321 g/mol. The Morgan fingerprint density at radius 2 is 2.08 bits per heavy atom. The van der Waals surface area contributed by atoms with Gasteiger partial charge in [-0.1, -0.05) is 12.1 Å². The molecule has 8 heteroatoms. The Bertz CT molecular complexity index is 755. The number of benzene rings is 1. The quantitative estimate of drug-likeness (QED) is 0.929. The molecule has 1 aliphatic rings. The second-order valence-electron chi connectivity index (χ2n) is 6.18. The number of fused-ring (bicyclic) bond motifs is 1. The van der Waals surface area contributed by atoms with E-state index < -0.39 is 23.9 Å². The lowest BCUT2D eigenvalue weighted by atomic mass is 9.94.